The number of nitrogens with zero attached hydrogens (tertiary/aromatic N) is 4. The van der Waals surface area contributed by atoms with Crippen LogP contribution in [0.1, 0.15) is 5.56 Å². The highest BCUT2D eigenvalue weighted by Crippen LogP contribution is 2.25. The number of pyridine rings is 1. The summed E-state index contributed by atoms with van der Waals surface area (Å²) in [6.45, 7) is 0.412. The van der Waals surface area contributed by atoms with Crippen LogP contribution in [-0.4, -0.2) is 27.2 Å². The van der Waals surface area contributed by atoms with Gasteiger partial charge in [0.1, 0.15) is 12.4 Å². The predicted octanol–water partition coefficient (Wildman–Crippen LogP) is 2.79. The van der Waals surface area contributed by atoms with Gasteiger partial charge in [0.2, 0.25) is 5.65 Å². The Labute approximate surface area is 150 Å². The number of hydrogen-bond donors (Lipinski definition) is 1. The lowest BCUT2D eigenvalue weighted by Gasteiger charge is -2.08. The Morgan fingerprint density at radius 1 is 1.04 bits per heavy atom. The molecule has 130 valence electrons. The lowest BCUT2D eigenvalue weighted by Crippen LogP contribution is -2.10. The van der Waals surface area contributed by atoms with Crippen molar-refractivity contribution >= 4 is 11.2 Å². The summed E-state index contributed by atoms with van der Waals surface area (Å²) in [6.07, 6.45) is 1.62. The monoisotopic (exact) mass is 347 g/mol. The zero-order chi connectivity index (χ0) is 17.9. The molecule has 0 aliphatic carbocycles. The van der Waals surface area contributed by atoms with Crippen molar-refractivity contribution in [1.82, 2.24) is 20.1 Å². The van der Waals surface area contributed by atoms with Gasteiger partial charge in [0.25, 0.3) is 0 Å². The number of ether oxygens (including phenoxy) is 2. The maximum atomic E-state index is 5.87. The molecular formula is C19H17N5O2. The maximum absolute atomic E-state index is 5.87. The van der Waals surface area contributed by atoms with E-state index in [9.17, 15) is 0 Å². The van der Waals surface area contributed by atoms with E-state index in [4.69, 9.17) is 15.3 Å². The van der Waals surface area contributed by atoms with Crippen LogP contribution < -0.4 is 15.3 Å². The van der Waals surface area contributed by atoms with Crippen molar-refractivity contribution in [3.05, 3.63) is 66.4 Å². The molecule has 0 fully saturated rings. The van der Waals surface area contributed by atoms with Crippen molar-refractivity contribution in [2.45, 2.75) is 6.61 Å². The first-order chi connectivity index (χ1) is 12.7. The highest BCUT2D eigenvalue weighted by Gasteiger charge is 2.10. The SMILES string of the molecule is COc1cccc(-c2ccc(COc3ccnc4c3nnn4N)cc2)c1. The van der Waals surface area contributed by atoms with Gasteiger partial charge in [0, 0.05) is 12.3 Å². The van der Waals surface area contributed by atoms with E-state index in [0.29, 0.717) is 23.5 Å². The summed E-state index contributed by atoms with van der Waals surface area (Å²) < 4.78 is 11.1. The largest absolute Gasteiger partial charge is 0.497 e. The van der Waals surface area contributed by atoms with Crippen molar-refractivity contribution in [3.63, 3.8) is 0 Å². The van der Waals surface area contributed by atoms with Crippen LogP contribution in [0.2, 0.25) is 0 Å². The average Bonchev–Trinajstić information content (AvgIpc) is 3.08. The molecule has 0 aliphatic heterocycles. The molecule has 2 N–H and O–H groups in total. The van der Waals surface area contributed by atoms with E-state index < -0.39 is 0 Å². The van der Waals surface area contributed by atoms with Crippen molar-refractivity contribution in [2.75, 3.05) is 13.0 Å². The predicted molar refractivity (Wildman–Crippen MR) is 98.2 cm³/mol. The highest BCUT2D eigenvalue weighted by molar-refractivity contribution is 5.76. The van der Waals surface area contributed by atoms with Gasteiger partial charge in [0.05, 0.1) is 7.11 Å². The Morgan fingerprint density at radius 3 is 2.69 bits per heavy atom. The third-order valence-electron chi connectivity index (χ3n) is 4.08. The lowest BCUT2D eigenvalue weighted by atomic mass is 10.0. The molecule has 0 amide bonds. The van der Waals surface area contributed by atoms with Gasteiger partial charge < -0.3 is 15.3 Å². The molecule has 0 aliphatic rings. The molecule has 2 aromatic heterocycles. The van der Waals surface area contributed by atoms with E-state index in [2.05, 4.69) is 33.5 Å². The topological polar surface area (TPSA) is 88.1 Å². The summed E-state index contributed by atoms with van der Waals surface area (Å²) in [5.41, 5.74) is 4.29. The molecule has 7 heteroatoms. The molecule has 2 aromatic carbocycles. The summed E-state index contributed by atoms with van der Waals surface area (Å²) in [5.74, 6) is 7.10. The molecule has 0 bridgehead atoms. The number of methoxy groups -OCH3 is 1. The highest BCUT2D eigenvalue weighted by atomic mass is 16.5. The third-order valence-corrected chi connectivity index (χ3v) is 4.08. The molecule has 4 rings (SSSR count). The van der Waals surface area contributed by atoms with Crippen molar-refractivity contribution < 1.29 is 9.47 Å². The fourth-order valence-electron chi connectivity index (χ4n) is 2.70. The zero-order valence-corrected chi connectivity index (χ0v) is 14.2. The molecule has 0 radical (unpaired) electrons. The molecule has 0 atom stereocenters. The Kier molecular flexibility index (Phi) is 4.10. The molecule has 2 heterocycles. The minimum absolute atomic E-state index is 0.412. The van der Waals surface area contributed by atoms with E-state index in [1.54, 1.807) is 19.4 Å². The van der Waals surface area contributed by atoms with Gasteiger partial charge in [-0.05, 0) is 34.0 Å². The van der Waals surface area contributed by atoms with E-state index in [1.165, 1.54) is 0 Å². The van der Waals surface area contributed by atoms with E-state index >= 15 is 0 Å². The van der Waals surface area contributed by atoms with Gasteiger partial charge in [-0.1, -0.05) is 36.4 Å². The van der Waals surface area contributed by atoms with Crippen molar-refractivity contribution in [3.8, 4) is 22.6 Å². The summed E-state index contributed by atoms with van der Waals surface area (Å²) in [7, 11) is 1.67. The number of nitrogens with two attached hydrogens (primary N) is 1. The van der Waals surface area contributed by atoms with Gasteiger partial charge in [-0.15, -0.1) is 9.89 Å². The first kappa shape index (κ1) is 15.9. The second-order valence-corrected chi connectivity index (χ2v) is 5.73. The summed E-state index contributed by atoms with van der Waals surface area (Å²) in [4.78, 5) is 5.27. The standard InChI is InChI=1S/C19H17N5O2/c1-25-16-4-2-3-15(11-16)14-7-5-13(6-8-14)12-26-17-9-10-21-19-18(17)22-23-24(19)20/h2-11H,12,20H2,1H3. The molecule has 7 nitrogen and oxygen atoms in total. The second-order valence-electron chi connectivity index (χ2n) is 5.73. The molecule has 0 saturated carbocycles. The van der Waals surface area contributed by atoms with Crippen molar-refractivity contribution in [1.29, 1.82) is 0 Å². The molecule has 0 unspecified atom stereocenters. The van der Waals surface area contributed by atoms with Gasteiger partial charge in [-0.3, -0.25) is 0 Å². The minimum Gasteiger partial charge on any atom is -0.497 e. The number of nitrogen functional groups attached to an aromatic ring is 1. The summed E-state index contributed by atoms with van der Waals surface area (Å²) in [5, 5.41) is 7.75. The Bertz CT molecular complexity index is 1040. The first-order valence-electron chi connectivity index (χ1n) is 8.06. The number of aromatic nitrogens is 4. The van der Waals surface area contributed by atoms with Crippen LogP contribution in [-0.2, 0) is 6.61 Å². The Balaban J connectivity index is 1.50. The fourth-order valence-corrected chi connectivity index (χ4v) is 2.70. The Hall–Kier alpha value is -3.61. The second kappa shape index (κ2) is 6.72. The van der Waals surface area contributed by atoms with Gasteiger partial charge in [-0.25, -0.2) is 4.98 Å². The van der Waals surface area contributed by atoms with E-state index in [-0.39, 0.29) is 0 Å². The molecule has 26 heavy (non-hydrogen) atoms. The van der Waals surface area contributed by atoms with Crippen LogP contribution in [0.15, 0.2) is 60.8 Å². The van der Waals surface area contributed by atoms with Gasteiger partial charge in [0.15, 0.2) is 11.3 Å². The Morgan fingerprint density at radius 2 is 1.88 bits per heavy atom. The zero-order valence-electron chi connectivity index (χ0n) is 14.2. The van der Waals surface area contributed by atoms with Crippen molar-refractivity contribution in [2.24, 2.45) is 0 Å². The maximum Gasteiger partial charge on any atom is 0.204 e. The lowest BCUT2D eigenvalue weighted by molar-refractivity contribution is 0.309. The quantitative estimate of drug-likeness (QED) is 0.559. The first-order valence-corrected chi connectivity index (χ1v) is 8.06. The van der Waals surface area contributed by atoms with Crippen LogP contribution >= 0.6 is 0 Å². The van der Waals surface area contributed by atoms with Crippen LogP contribution in [0.3, 0.4) is 0 Å². The average molecular weight is 347 g/mol. The minimum atomic E-state index is 0.412. The third kappa shape index (κ3) is 3.02. The molecule has 0 saturated heterocycles. The fraction of sp³-hybridized carbons (Fsp3) is 0.105. The summed E-state index contributed by atoms with van der Waals surface area (Å²) in [6, 6.07) is 17.9. The number of rotatable bonds is 5. The van der Waals surface area contributed by atoms with E-state index in [0.717, 1.165) is 27.2 Å². The van der Waals surface area contributed by atoms with Crippen LogP contribution in [0.5, 0.6) is 11.5 Å². The molecular weight excluding hydrogens is 330 g/mol. The molecule has 0 spiro atoms. The van der Waals surface area contributed by atoms with Gasteiger partial charge >= 0.3 is 0 Å². The van der Waals surface area contributed by atoms with E-state index in [1.807, 2.05) is 30.3 Å². The van der Waals surface area contributed by atoms with Crippen LogP contribution in [0, 0.1) is 0 Å². The molecule has 4 aromatic rings. The smallest absolute Gasteiger partial charge is 0.204 e. The number of benzene rings is 2. The normalized spacial score (nSPS) is 10.8. The van der Waals surface area contributed by atoms with Crippen LogP contribution in [0.25, 0.3) is 22.3 Å². The number of hydrogen-bond acceptors (Lipinski definition) is 6. The van der Waals surface area contributed by atoms with Gasteiger partial charge in [-0.2, -0.15) is 0 Å². The summed E-state index contributed by atoms with van der Waals surface area (Å²) >= 11 is 0. The number of fused-ring (bicyclic) bond motifs is 1. The van der Waals surface area contributed by atoms with Crippen LogP contribution in [0.4, 0.5) is 0 Å².